The molecule has 0 heterocycles. The minimum atomic E-state index is -0.0752. The molecule has 0 radical (unpaired) electrons. The third-order valence-electron chi connectivity index (χ3n) is 3.23. The van der Waals surface area contributed by atoms with Crippen LogP contribution in [0.2, 0.25) is 0 Å². The van der Waals surface area contributed by atoms with Crippen LogP contribution in [-0.2, 0) is 16.0 Å². The molecule has 0 aliphatic rings. The standard InChI is InChI=1S/C16H25NO2/c1-14(16(2,3)13-18-4)17-19-12-8-11-15-9-6-5-7-10-15/h5-7,9-10H,8,11-13H2,1-4H3/b17-14+. The van der Waals surface area contributed by atoms with Crippen LogP contribution in [0, 0.1) is 5.41 Å². The molecule has 106 valence electrons. The molecule has 3 nitrogen and oxygen atoms in total. The van der Waals surface area contributed by atoms with E-state index >= 15 is 0 Å². The number of aryl methyl sites for hydroxylation is 1. The van der Waals surface area contributed by atoms with Crippen molar-refractivity contribution in [3.8, 4) is 0 Å². The minimum Gasteiger partial charge on any atom is -0.396 e. The molecule has 19 heavy (non-hydrogen) atoms. The van der Waals surface area contributed by atoms with Gasteiger partial charge in [0.1, 0.15) is 6.61 Å². The van der Waals surface area contributed by atoms with Crippen molar-refractivity contribution in [3.05, 3.63) is 35.9 Å². The van der Waals surface area contributed by atoms with E-state index in [1.54, 1.807) is 7.11 Å². The summed E-state index contributed by atoms with van der Waals surface area (Å²) < 4.78 is 5.18. The van der Waals surface area contributed by atoms with Crippen LogP contribution in [0.5, 0.6) is 0 Å². The summed E-state index contributed by atoms with van der Waals surface area (Å²) in [6, 6.07) is 10.4. The molecule has 0 saturated heterocycles. The number of nitrogens with zero attached hydrogens (tertiary/aromatic N) is 1. The number of benzene rings is 1. The molecule has 0 aromatic heterocycles. The Balaban J connectivity index is 2.26. The average molecular weight is 263 g/mol. The molecule has 1 aromatic carbocycles. The van der Waals surface area contributed by atoms with Gasteiger partial charge in [0.2, 0.25) is 0 Å². The molecule has 1 aromatic rings. The fraction of sp³-hybridized carbons (Fsp3) is 0.562. The van der Waals surface area contributed by atoms with Crippen LogP contribution in [-0.4, -0.2) is 26.0 Å². The molecule has 0 fully saturated rings. The summed E-state index contributed by atoms with van der Waals surface area (Å²) in [6.45, 7) is 7.48. The van der Waals surface area contributed by atoms with Gasteiger partial charge in [-0.3, -0.25) is 0 Å². The van der Waals surface area contributed by atoms with Gasteiger partial charge in [0.15, 0.2) is 0 Å². The summed E-state index contributed by atoms with van der Waals surface area (Å²) in [5, 5.41) is 4.18. The maximum Gasteiger partial charge on any atom is 0.117 e. The molecule has 3 heteroatoms. The van der Waals surface area contributed by atoms with Crippen LogP contribution in [0.1, 0.15) is 32.8 Å². The average Bonchev–Trinajstić information content (AvgIpc) is 2.39. The first-order valence-electron chi connectivity index (χ1n) is 6.76. The van der Waals surface area contributed by atoms with Crippen LogP contribution >= 0.6 is 0 Å². The van der Waals surface area contributed by atoms with Crippen molar-refractivity contribution in [3.63, 3.8) is 0 Å². The van der Waals surface area contributed by atoms with E-state index in [-0.39, 0.29) is 5.41 Å². The van der Waals surface area contributed by atoms with Gasteiger partial charge in [0, 0.05) is 12.5 Å². The highest BCUT2D eigenvalue weighted by molar-refractivity contribution is 5.86. The zero-order chi connectivity index (χ0) is 14.1. The summed E-state index contributed by atoms with van der Waals surface area (Å²) >= 11 is 0. The Morgan fingerprint density at radius 2 is 1.89 bits per heavy atom. The van der Waals surface area contributed by atoms with Crippen molar-refractivity contribution in [1.82, 2.24) is 0 Å². The van der Waals surface area contributed by atoms with E-state index in [0.29, 0.717) is 13.2 Å². The molecule has 0 aliphatic heterocycles. The van der Waals surface area contributed by atoms with Gasteiger partial charge in [-0.1, -0.05) is 49.3 Å². The summed E-state index contributed by atoms with van der Waals surface area (Å²) in [6.07, 6.45) is 2.00. The van der Waals surface area contributed by atoms with E-state index in [2.05, 4.69) is 43.3 Å². The van der Waals surface area contributed by atoms with Crippen LogP contribution in [0.4, 0.5) is 0 Å². The number of hydrogen-bond donors (Lipinski definition) is 0. The normalized spacial score (nSPS) is 12.5. The summed E-state index contributed by atoms with van der Waals surface area (Å²) in [4.78, 5) is 5.38. The van der Waals surface area contributed by atoms with Crippen LogP contribution in [0.25, 0.3) is 0 Å². The van der Waals surface area contributed by atoms with Gasteiger partial charge in [-0.05, 0) is 25.3 Å². The van der Waals surface area contributed by atoms with Gasteiger partial charge in [-0.25, -0.2) is 0 Å². The predicted molar refractivity (Wildman–Crippen MR) is 79.5 cm³/mol. The smallest absolute Gasteiger partial charge is 0.117 e. The number of hydrogen-bond acceptors (Lipinski definition) is 3. The molecule has 0 aliphatic carbocycles. The van der Waals surface area contributed by atoms with Crippen molar-refractivity contribution in [2.24, 2.45) is 10.6 Å². The first-order chi connectivity index (χ1) is 9.06. The molecule has 0 amide bonds. The van der Waals surface area contributed by atoms with Gasteiger partial charge in [-0.15, -0.1) is 0 Å². The SMILES string of the molecule is COCC(C)(C)/C(C)=N/OCCCc1ccccc1. The van der Waals surface area contributed by atoms with Gasteiger partial charge in [0.05, 0.1) is 12.3 Å². The van der Waals surface area contributed by atoms with Crippen molar-refractivity contribution >= 4 is 5.71 Å². The molecule has 0 N–H and O–H groups in total. The maximum absolute atomic E-state index is 5.38. The van der Waals surface area contributed by atoms with Crippen molar-refractivity contribution in [1.29, 1.82) is 0 Å². The molecule has 1 rings (SSSR count). The van der Waals surface area contributed by atoms with Gasteiger partial charge in [-0.2, -0.15) is 0 Å². The molecule has 0 spiro atoms. The largest absolute Gasteiger partial charge is 0.396 e. The van der Waals surface area contributed by atoms with Gasteiger partial charge >= 0.3 is 0 Å². The highest BCUT2D eigenvalue weighted by atomic mass is 16.6. The van der Waals surface area contributed by atoms with E-state index in [1.807, 2.05) is 13.0 Å². The second-order valence-corrected chi connectivity index (χ2v) is 5.42. The zero-order valence-corrected chi connectivity index (χ0v) is 12.5. The number of ether oxygens (including phenoxy) is 1. The molecule has 0 unspecified atom stereocenters. The topological polar surface area (TPSA) is 30.8 Å². The summed E-state index contributed by atoms with van der Waals surface area (Å²) in [5.74, 6) is 0. The van der Waals surface area contributed by atoms with Crippen molar-refractivity contribution < 1.29 is 9.57 Å². The third-order valence-corrected chi connectivity index (χ3v) is 3.23. The summed E-state index contributed by atoms with van der Waals surface area (Å²) in [5.41, 5.74) is 2.23. The lowest BCUT2D eigenvalue weighted by Crippen LogP contribution is -2.27. The fourth-order valence-corrected chi connectivity index (χ4v) is 1.72. The van der Waals surface area contributed by atoms with Gasteiger partial charge < -0.3 is 9.57 Å². The number of oxime groups is 1. The van der Waals surface area contributed by atoms with Crippen molar-refractivity contribution in [2.75, 3.05) is 20.3 Å². The molecular weight excluding hydrogens is 238 g/mol. The Bertz CT molecular complexity index is 385. The minimum absolute atomic E-state index is 0.0752. The molecule has 0 bridgehead atoms. The Labute approximate surface area is 116 Å². The lowest BCUT2D eigenvalue weighted by molar-refractivity contribution is 0.121. The molecule has 0 atom stereocenters. The Morgan fingerprint density at radius 3 is 2.53 bits per heavy atom. The lowest BCUT2D eigenvalue weighted by Gasteiger charge is -2.22. The second kappa shape index (κ2) is 7.95. The Kier molecular flexibility index (Phi) is 6.57. The first kappa shape index (κ1) is 15.7. The first-order valence-corrected chi connectivity index (χ1v) is 6.76. The van der Waals surface area contributed by atoms with Crippen LogP contribution in [0.3, 0.4) is 0 Å². The molecular formula is C16H25NO2. The monoisotopic (exact) mass is 263 g/mol. The summed E-state index contributed by atoms with van der Waals surface area (Å²) in [7, 11) is 1.70. The maximum atomic E-state index is 5.38. The Morgan fingerprint density at radius 1 is 1.21 bits per heavy atom. The van der Waals surface area contributed by atoms with Gasteiger partial charge in [0.25, 0.3) is 0 Å². The second-order valence-electron chi connectivity index (χ2n) is 5.42. The predicted octanol–water partition coefficient (Wildman–Crippen LogP) is 3.68. The number of rotatable bonds is 8. The lowest BCUT2D eigenvalue weighted by atomic mass is 9.89. The van der Waals surface area contributed by atoms with Crippen molar-refractivity contribution in [2.45, 2.75) is 33.6 Å². The Hall–Kier alpha value is -1.35. The zero-order valence-electron chi connectivity index (χ0n) is 12.5. The van der Waals surface area contributed by atoms with E-state index in [0.717, 1.165) is 18.6 Å². The number of methoxy groups -OCH3 is 1. The highest BCUT2D eigenvalue weighted by Gasteiger charge is 2.22. The quantitative estimate of drug-likeness (QED) is 0.407. The van der Waals surface area contributed by atoms with E-state index in [9.17, 15) is 0 Å². The highest BCUT2D eigenvalue weighted by Crippen LogP contribution is 2.17. The third kappa shape index (κ3) is 5.88. The molecule has 0 saturated carbocycles. The van der Waals surface area contributed by atoms with E-state index in [1.165, 1.54) is 5.56 Å². The fourth-order valence-electron chi connectivity index (χ4n) is 1.72. The van der Waals surface area contributed by atoms with E-state index in [4.69, 9.17) is 9.57 Å². The van der Waals surface area contributed by atoms with E-state index < -0.39 is 0 Å². The van der Waals surface area contributed by atoms with Crippen LogP contribution < -0.4 is 0 Å². The van der Waals surface area contributed by atoms with Crippen LogP contribution in [0.15, 0.2) is 35.5 Å².